The average molecular weight is 336 g/mol. The SMILES string of the molecule is CC(C)(C)OC(=O)N1CCc2[nH]nc(NC(=O)C3CCCO3)c2C1. The Bertz CT molecular complexity index is 629. The fraction of sp³-hybridized carbons (Fsp3) is 0.688. The molecule has 2 aliphatic heterocycles. The first-order valence-electron chi connectivity index (χ1n) is 8.30. The minimum Gasteiger partial charge on any atom is -0.444 e. The maximum Gasteiger partial charge on any atom is 0.410 e. The molecule has 2 aliphatic rings. The van der Waals surface area contributed by atoms with Gasteiger partial charge in [-0.05, 0) is 33.6 Å². The van der Waals surface area contributed by atoms with Crippen LogP contribution in [0.15, 0.2) is 0 Å². The summed E-state index contributed by atoms with van der Waals surface area (Å²) >= 11 is 0. The Hall–Kier alpha value is -2.09. The molecule has 8 nitrogen and oxygen atoms in total. The van der Waals surface area contributed by atoms with E-state index in [1.165, 1.54) is 0 Å². The first-order valence-corrected chi connectivity index (χ1v) is 8.30. The Morgan fingerprint density at radius 2 is 2.21 bits per heavy atom. The van der Waals surface area contributed by atoms with Crippen LogP contribution in [0, 0.1) is 0 Å². The third-order valence-corrected chi connectivity index (χ3v) is 4.05. The zero-order chi connectivity index (χ0) is 17.3. The molecule has 0 bridgehead atoms. The average Bonchev–Trinajstić information content (AvgIpc) is 3.15. The smallest absolute Gasteiger partial charge is 0.410 e. The Morgan fingerprint density at radius 3 is 2.88 bits per heavy atom. The van der Waals surface area contributed by atoms with Gasteiger partial charge in [0, 0.05) is 30.8 Å². The summed E-state index contributed by atoms with van der Waals surface area (Å²) in [6.45, 7) is 7.05. The second kappa shape index (κ2) is 6.43. The molecule has 0 radical (unpaired) electrons. The number of fused-ring (bicyclic) bond motifs is 1. The van der Waals surface area contributed by atoms with Crippen molar-refractivity contribution in [3.63, 3.8) is 0 Å². The van der Waals surface area contributed by atoms with Gasteiger partial charge in [-0.2, -0.15) is 5.10 Å². The molecule has 8 heteroatoms. The van der Waals surface area contributed by atoms with E-state index in [0.717, 1.165) is 24.1 Å². The van der Waals surface area contributed by atoms with Gasteiger partial charge in [-0.1, -0.05) is 0 Å². The van der Waals surface area contributed by atoms with E-state index in [2.05, 4.69) is 15.5 Å². The van der Waals surface area contributed by atoms with Gasteiger partial charge in [-0.3, -0.25) is 9.89 Å². The van der Waals surface area contributed by atoms with Crippen molar-refractivity contribution in [2.24, 2.45) is 0 Å². The molecule has 24 heavy (non-hydrogen) atoms. The van der Waals surface area contributed by atoms with Crippen LogP contribution in [0.3, 0.4) is 0 Å². The summed E-state index contributed by atoms with van der Waals surface area (Å²) in [6, 6.07) is 0. The van der Waals surface area contributed by atoms with Crippen LogP contribution in [0.1, 0.15) is 44.9 Å². The van der Waals surface area contributed by atoms with Gasteiger partial charge in [0.15, 0.2) is 5.82 Å². The standard InChI is InChI=1S/C16H24N4O4/c1-16(2,3)24-15(22)20-7-6-11-10(9-20)13(19-18-11)17-14(21)12-5-4-8-23-12/h12H,4-9H2,1-3H3,(H2,17,18,19,21). The van der Waals surface area contributed by atoms with Gasteiger partial charge in [0.1, 0.15) is 11.7 Å². The summed E-state index contributed by atoms with van der Waals surface area (Å²) in [4.78, 5) is 26.1. The Kier molecular flexibility index (Phi) is 4.49. The van der Waals surface area contributed by atoms with Crippen LogP contribution in [0.4, 0.5) is 10.6 Å². The molecular weight excluding hydrogens is 312 g/mol. The number of aromatic nitrogens is 2. The molecule has 3 rings (SSSR count). The second-order valence-electron chi connectivity index (χ2n) is 7.17. The summed E-state index contributed by atoms with van der Waals surface area (Å²) in [7, 11) is 0. The molecule has 1 aromatic rings. The second-order valence-corrected chi connectivity index (χ2v) is 7.17. The predicted octanol–water partition coefficient (Wildman–Crippen LogP) is 1.82. The number of carbonyl (C=O) groups is 2. The first kappa shape index (κ1) is 16.8. The monoisotopic (exact) mass is 336 g/mol. The largest absolute Gasteiger partial charge is 0.444 e. The van der Waals surface area contributed by atoms with Crippen LogP contribution >= 0.6 is 0 Å². The lowest BCUT2D eigenvalue weighted by Crippen LogP contribution is -2.40. The molecule has 1 atom stereocenters. The zero-order valence-electron chi connectivity index (χ0n) is 14.3. The van der Waals surface area contributed by atoms with Crippen LogP contribution < -0.4 is 5.32 Å². The van der Waals surface area contributed by atoms with E-state index in [4.69, 9.17) is 9.47 Å². The van der Waals surface area contributed by atoms with E-state index < -0.39 is 11.7 Å². The number of aromatic amines is 1. The number of amides is 2. The molecule has 132 valence electrons. The molecule has 0 spiro atoms. The number of ether oxygens (including phenoxy) is 2. The summed E-state index contributed by atoms with van der Waals surface area (Å²) in [5, 5.41) is 9.95. The minimum atomic E-state index is -0.537. The molecule has 1 fully saturated rings. The lowest BCUT2D eigenvalue weighted by molar-refractivity contribution is -0.124. The summed E-state index contributed by atoms with van der Waals surface area (Å²) < 4.78 is 10.8. The number of nitrogens with one attached hydrogen (secondary N) is 2. The molecule has 0 aromatic carbocycles. The Balaban J connectivity index is 1.68. The molecule has 1 aromatic heterocycles. The molecule has 2 N–H and O–H groups in total. The van der Waals surface area contributed by atoms with Gasteiger partial charge in [-0.15, -0.1) is 0 Å². The number of carbonyl (C=O) groups excluding carboxylic acids is 2. The van der Waals surface area contributed by atoms with E-state index in [-0.39, 0.29) is 12.0 Å². The summed E-state index contributed by atoms with van der Waals surface area (Å²) in [6.07, 6.45) is 1.50. The number of hydrogen-bond donors (Lipinski definition) is 2. The topological polar surface area (TPSA) is 96.5 Å². The highest BCUT2D eigenvalue weighted by molar-refractivity contribution is 5.94. The number of H-pyrrole nitrogens is 1. The molecule has 1 unspecified atom stereocenters. The number of hydrogen-bond acceptors (Lipinski definition) is 5. The van der Waals surface area contributed by atoms with E-state index >= 15 is 0 Å². The van der Waals surface area contributed by atoms with Crippen molar-refractivity contribution in [1.82, 2.24) is 15.1 Å². The molecular formula is C16H24N4O4. The van der Waals surface area contributed by atoms with Crippen molar-refractivity contribution in [1.29, 1.82) is 0 Å². The van der Waals surface area contributed by atoms with Crippen LogP contribution in [0.2, 0.25) is 0 Å². The van der Waals surface area contributed by atoms with Gasteiger partial charge >= 0.3 is 6.09 Å². The molecule has 0 saturated carbocycles. The van der Waals surface area contributed by atoms with E-state index in [9.17, 15) is 9.59 Å². The third-order valence-electron chi connectivity index (χ3n) is 4.05. The van der Waals surface area contributed by atoms with Crippen LogP contribution in [-0.2, 0) is 27.2 Å². The number of anilines is 1. The van der Waals surface area contributed by atoms with Crippen molar-refractivity contribution in [3.05, 3.63) is 11.3 Å². The molecule has 1 saturated heterocycles. The maximum atomic E-state index is 12.3. The third kappa shape index (κ3) is 3.69. The summed E-state index contributed by atoms with van der Waals surface area (Å²) in [5.41, 5.74) is 1.24. The fourth-order valence-electron chi connectivity index (χ4n) is 2.86. The highest BCUT2D eigenvalue weighted by Gasteiger charge is 2.30. The van der Waals surface area contributed by atoms with Gasteiger partial charge in [0.25, 0.3) is 5.91 Å². The zero-order valence-corrected chi connectivity index (χ0v) is 14.3. The fourth-order valence-corrected chi connectivity index (χ4v) is 2.86. The van der Waals surface area contributed by atoms with Crippen LogP contribution in [0.5, 0.6) is 0 Å². The summed E-state index contributed by atoms with van der Waals surface area (Å²) in [5.74, 6) is 0.287. The maximum absolute atomic E-state index is 12.3. The van der Waals surface area contributed by atoms with Crippen molar-refractivity contribution >= 4 is 17.8 Å². The first-order chi connectivity index (χ1) is 11.3. The minimum absolute atomic E-state index is 0.184. The van der Waals surface area contributed by atoms with Crippen molar-refractivity contribution in [3.8, 4) is 0 Å². The number of nitrogens with zero attached hydrogens (tertiary/aromatic N) is 2. The molecule has 0 aliphatic carbocycles. The molecule has 2 amide bonds. The lowest BCUT2D eigenvalue weighted by atomic mass is 10.1. The Labute approximate surface area is 140 Å². The van der Waals surface area contributed by atoms with Gasteiger partial charge < -0.3 is 19.7 Å². The van der Waals surface area contributed by atoms with Crippen molar-refractivity contribution in [2.75, 3.05) is 18.5 Å². The van der Waals surface area contributed by atoms with Gasteiger partial charge in [0.2, 0.25) is 0 Å². The highest BCUT2D eigenvalue weighted by Crippen LogP contribution is 2.26. The normalized spacial score (nSPS) is 20.6. The van der Waals surface area contributed by atoms with Crippen LogP contribution in [0.25, 0.3) is 0 Å². The van der Waals surface area contributed by atoms with Gasteiger partial charge in [0.05, 0.1) is 6.54 Å². The Morgan fingerprint density at radius 1 is 1.42 bits per heavy atom. The predicted molar refractivity (Wildman–Crippen MR) is 86.5 cm³/mol. The highest BCUT2D eigenvalue weighted by atomic mass is 16.6. The molecule has 3 heterocycles. The van der Waals surface area contributed by atoms with E-state index in [1.807, 2.05) is 20.8 Å². The van der Waals surface area contributed by atoms with E-state index in [0.29, 0.717) is 31.9 Å². The van der Waals surface area contributed by atoms with Crippen LogP contribution in [-0.4, -0.2) is 52.0 Å². The van der Waals surface area contributed by atoms with Gasteiger partial charge in [-0.25, -0.2) is 4.79 Å². The van der Waals surface area contributed by atoms with Crippen molar-refractivity contribution in [2.45, 2.75) is 58.3 Å². The van der Waals surface area contributed by atoms with E-state index in [1.54, 1.807) is 4.90 Å². The quantitative estimate of drug-likeness (QED) is 0.859. The van der Waals surface area contributed by atoms with Crippen molar-refractivity contribution < 1.29 is 19.1 Å². The lowest BCUT2D eigenvalue weighted by Gasteiger charge is -2.30. The number of rotatable bonds is 2.